The van der Waals surface area contributed by atoms with Crippen LogP contribution in [-0.4, -0.2) is 6.18 Å². The second kappa shape index (κ2) is 3.15. The van der Waals surface area contributed by atoms with Crippen molar-refractivity contribution < 1.29 is 13.2 Å². The highest BCUT2D eigenvalue weighted by Crippen LogP contribution is 2.52. The van der Waals surface area contributed by atoms with Crippen molar-refractivity contribution in [3.05, 3.63) is 0 Å². The highest BCUT2D eigenvalue weighted by Gasteiger charge is 2.53. The lowest BCUT2D eigenvalue weighted by molar-refractivity contribution is -0.231. The maximum absolute atomic E-state index is 12.6. The first kappa shape index (κ1) is 11.4. The van der Waals surface area contributed by atoms with Gasteiger partial charge in [-0.05, 0) is 32.6 Å². The fourth-order valence-electron chi connectivity index (χ4n) is 1.75. The van der Waals surface area contributed by atoms with E-state index in [2.05, 4.69) is 6.07 Å². The molecule has 0 aliphatic heterocycles. The summed E-state index contributed by atoms with van der Waals surface area (Å²) in [7, 11) is 0. The van der Waals surface area contributed by atoms with Crippen molar-refractivity contribution in [1.82, 2.24) is 0 Å². The smallest absolute Gasteiger partial charge is 0.198 e. The highest BCUT2D eigenvalue weighted by atomic mass is 19.4. The Morgan fingerprint density at radius 3 is 1.79 bits per heavy atom. The molecule has 1 nitrogen and oxygen atoms in total. The van der Waals surface area contributed by atoms with Crippen molar-refractivity contribution in [1.29, 1.82) is 5.26 Å². The van der Waals surface area contributed by atoms with Gasteiger partial charge in [0.1, 0.15) is 0 Å². The van der Waals surface area contributed by atoms with Crippen LogP contribution in [0.4, 0.5) is 13.2 Å². The third-order valence-electron chi connectivity index (χ3n) is 3.41. The molecule has 0 unspecified atom stereocenters. The summed E-state index contributed by atoms with van der Waals surface area (Å²) in [6.07, 6.45) is -3.30. The van der Waals surface area contributed by atoms with Crippen LogP contribution < -0.4 is 0 Å². The molecule has 0 atom stereocenters. The second-order valence-corrected chi connectivity index (χ2v) is 4.73. The van der Waals surface area contributed by atoms with Crippen LogP contribution in [0, 0.1) is 22.2 Å². The van der Waals surface area contributed by atoms with Gasteiger partial charge in [0, 0.05) is 0 Å². The largest absolute Gasteiger partial charge is 0.394 e. The van der Waals surface area contributed by atoms with Crippen LogP contribution >= 0.6 is 0 Å². The van der Waals surface area contributed by atoms with Gasteiger partial charge in [0.15, 0.2) is 0 Å². The van der Waals surface area contributed by atoms with Gasteiger partial charge < -0.3 is 0 Å². The molecule has 0 aromatic rings. The van der Waals surface area contributed by atoms with Crippen molar-refractivity contribution in [3.8, 4) is 6.07 Å². The van der Waals surface area contributed by atoms with Crippen LogP contribution in [0.2, 0.25) is 0 Å². The van der Waals surface area contributed by atoms with E-state index in [0.717, 1.165) is 0 Å². The Hall–Kier alpha value is -0.720. The standard InChI is InChI=1S/C10H14F3N/c1-8(7-14)3-5-9(2,6-4-8)10(11,12)13/h3-6H2,1-2H3. The molecule has 14 heavy (non-hydrogen) atoms. The van der Waals surface area contributed by atoms with E-state index in [1.165, 1.54) is 6.92 Å². The van der Waals surface area contributed by atoms with E-state index in [4.69, 9.17) is 5.26 Å². The summed E-state index contributed by atoms with van der Waals surface area (Å²) in [5.41, 5.74) is -2.13. The van der Waals surface area contributed by atoms with Crippen molar-refractivity contribution in [2.45, 2.75) is 45.7 Å². The summed E-state index contributed by atoms with van der Waals surface area (Å²) in [5.74, 6) is 0. The minimum Gasteiger partial charge on any atom is -0.198 e. The molecule has 4 heteroatoms. The van der Waals surface area contributed by atoms with E-state index in [-0.39, 0.29) is 12.8 Å². The predicted octanol–water partition coefficient (Wildman–Crippen LogP) is 3.66. The molecule has 0 aromatic carbocycles. The van der Waals surface area contributed by atoms with Crippen molar-refractivity contribution in [2.24, 2.45) is 10.8 Å². The van der Waals surface area contributed by atoms with Crippen LogP contribution in [0.15, 0.2) is 0 Å². The summed E-state index contributed by atoms with van der Waals surface area (Å²) in [6.45, 7) is 2.99. The maximum atomic E-state index is 12.6. The van der Waals surface area contributed by atoms with Crippen molar-refractivity contribution in [2.75, 3.05) is 0 Å². The third kappa shape index (κ3) is 1.87. The van der Waals surface area contributed by atoms with Gasteiger partial charge in [-0.25, -0.2) is 0 Å². The minimum absolute atomic E-state index is 0.0700. The molecular formula is C10H14F3N. The second-order valence-electron chi connectivity index (χ2n) is 4.73. The Morgan fingerprint density at radius 2 is 1.50 bits per heavy atom. The average Bonchev–Trinajstić information content (AvgIpc) is 2.09. The number of halogens is 3. The first-order chi connectivity index (χ1) is 6.22. The van der Waals surface area contributed by atoms with E-state index >= 15 is 0 Å². The number of hydrogen-bond acceptors (Lipinski definition) is 1. The summed E-state index contributed by atoms with van der Waals surface area (Å²) in [4.78, 5) is 0. The Labute approximate surface area is 81.9 Å². The molecule has 1 aliphatic rings. The molecule has 1 aliphatic carbocycles. The van der Waals surface area contributed by atoms with Crippen LogP contribution in [0.1, 0.15) is 39.5 Å². The predicted molar refractivity (Wildman–Crippen MR) is 46.4 cm³/mol. The fraction of sp³-hybridized carbons (Fsp3) is 0.900. The number of rotatable bonds is 0. The molecule has 0 saturated heterocycles. The summed E-state index contributed by atoms with van der Waals surface area (Å²) >= 11 is 0. The van der Waals surface area contributed by atoms with E-state index in [1.807, 2.05) is 0 Å². The molecule has 0 radical (unpaired) electrons. The van der Waals surface area contributed by atoms with Gasteiger partial charge in [-0.3, -0.25) is 0 Å². The molecule has 0 spiro atoms. The fourth-order valence-corrected chi connectivity index (χ4v) is 1.75. The molecule has 80 valence electrons. The Bertz CT molecular complexity index is 254. The third-order valence-corrected chi connectivity index (χ3v) is 3.41. The van der Waals surface area contributed by atoms with Crippen LogP contribution in [0.5, 0.6) is 0 Å². The topological polar surface area (TPSA) is 23.8 Å². The summed E-state index contributed by atoms with van der Waals surface area (Å²) in [5, 5.41) is 8.79. The molecule has 0 N–H and O–H groups in total. The quantitative estimate of drug-likeness (QED) is 0.592. The average molecular weight is 205 g/mol. The first-order valence-corrected chi connectivity index (χ1v) is 4.70. The van der Waals surface area contributed by atoms with Gasteiger partial charge in [-0.1, -0.05) is 6.92 Å². The Kier molecular flexibility index (Phi) is 2.55. The lowest BCUT2D eigenvalue weighted by Gasteiger charge is -2.40. The van der Waals surface area contributed by atoms with E-state index in [1.54, 1.807) is 6.92 Å². The SMILES string of the molecule is CC1(C#N)CCC(C)(C(F)(F)F)CC1. The number of nitriles is 1. The molecule has 1 fully saturated rings. The van der Waals surface area contributed by atoms with Crippen LogP contribution in [0.3, 0.4) is 0 Å². The van der Waals surface area contributed by atoms with Gasteiger partial charge in [-0.15, -0.1) is 0 Å². The molecule has 1 saturated carbocycles. The van der Waals surface area contributed by atoms with Crippen molar-refractivity contribution >= 4 is 0 Å². The van der Waals surface area contributed by atoms with Gasteiger partial charge in [0.2, 0.25) is 0 Å². The Morgan fingerprint density at radius 1 is 1.07 bits per heavy atom. The zero-order valence-corrected chi connectivity index (χ0v) is 8.41. The minimum atomic E-state index is -4.14. The number of nitrogens with zero attached hydrogens (tertiary/aromatic N) is 1. The molecule has 0 aromatic heterocycles. The monoisotopic (exact) mass is 205 g/mol. The lowest BCUT2D eigenvalue weighted by atomic mass is 9.65. The van der Waals surface area contributed by atoms with Gasteiger partial charge in [0.25, 0.3) is 0 Å². The first-order valence-electron chi connectivity index (χ1n) is 4.70. The van der Waals surface area contributed by atoms with E-state index in [0.29, 0.717) is 12.8 Å². The maximum Gasteiger partial charge on any atom is 0.394 e. The van der Waals surface area contributed by atoms with Crippen molar-refractivity contribution in [3.63, 3.8) is 0 Å². The number of alkyl halides is 3. The normalized spacial score (nSPS) is 39.1. The highest BCUT2D eigenvalue weighted by molar-refractivity contribution is 5.02. The van der Waals surface area contributed by atoms with Gasteiger partial charge >= 0.3 is 6.18 Å². The van der Waals surface area contributed by atoms with Crippen LogP contribution in [-0.2, 0) is 0 Å². The van der Waals surface area contributed by atoms with Crippen LogP contribution in [0.25, 0.3) is 0 Å². The van der Waals surface area contributed by atoms with E-state index < -0.39 is 17.0 Å². The lowest BCUT2D eigenvalue weighted by Crippen LogP contribution is -2.40. The molecule has 1 rings (SSSR count). The molecule has 0 bridgehead atoms. The van der Waals surface area contributed by atoms with E-state index in [9.17, 15) is 13.2 Å². The van der Waals surface area contributed by atoms with Gasteiger partial charge in [-0.2, -0.15) is 18.4 Å². The summed E-state index contributed by atoms with van der Waals surface area (Å²) < 4.78 is 37.8. The van der Waals surface area contributed by atoms with Gasteiger partial charge in [0.05, 0.1) is 16.9 Å². The number of hydrogen-bond donors (Lipinski definition) is 0. The molecule has 0 heterocycles. The molecular weight excluding hydrogens is 191 g/mol. The zero-order chi connectivity index (χ0) is 11.0. The molecule has 0 amide bonds. The zero-order valence-electron chi connectivity index (χ0n) is 8.41. The summed E-state index contributed by atoms with van der Waals surface area (Å²) in [6, 6.07) is 2.10. The Balaban J connectivity index is 2.73.